The minimum atomic E-state index is 0.0212. The van der Waals surface area contributed by atoms with Crippen LogP contribution >= 0.6 is 11.6 Å². The average Bonchev–Trinajstić information content (AvgIpc) is 2.95. The normalized spacial score (nSPS) is 15.1. The molecule has 1 saturated heterocycles. The summed E-state index contributed by atoms with van der Waals surface area (Å²) in [7, 11) is 2.05. The zero-order chi connectivity index (χ0) is 26.3. The van der Waals surface area contributed by atoms with E-state index in [2.05, 4.69) is 94.7 Å². The Kier molecular flexibility index (Phi) is 8.54. The molecule has 0 spiro atoms. The molecule has 38 heavy (non-hydrogen) atoms. The first-order valence-corrected chi connectivity index (χ1v) is 13.6. The van der Waals surface area contributed by atoms with Crippen molar-refractivity contribution in [2.24, 2.45) is 0 Å². The van der Waals surface area contributed by atoms with Crippen LogP contribution in [0, 0.1) is 0 Å². The highest BCUT2D eigenvalue weighted by molar-refractivity contribution is 6.30. The van der Waals surface area contributed by atoms with Crippen molar-refractivity contribution < 1.29 is 4.79 Å². The predicted molar refractivity (Wildman–Crippen MR) is 155 cm³/mol. The molecule has 1 heterocycles. The summed E-state index contributed by atoms with van der Waals surface area (Å²) in [5.41, 5.74) is 4.79. The van der Waals surface area contributed by atoms with E-state index >= 15 is 0 Å². The molecular formula is C33H34ClN3O. The Morgan fingerprint density at radius 2 is 1.21 bits per heavy atom. The third-order valence-corrected chi connectivity index (χ3v) is 7.60. The minimum Gasteiger partial charge on any atom is -0.339 e. The zero-order valence-electron chi connectivity index (χ0n) is 21.8. The summed E-state index contributed by atoms with van der Waals surface area (Å²) < 4.78 is 0. The molecule has 0 N–H and O–H groups in total. The van der Waals surface area contributed by atoms with Gasteiger partial charge in [0, 0.05) is 31.2 Å². The predicted octanol–water partition coefficient (Wildman–Crippen LogP) is 6.30. The first-order valence-electron chi connectivity index (χ1n) is 13.2. The summed E-state index contributed by atoms with van der Waals surface area (Å²) in [4.78, 5) is 20.1. The lowest BCUT2D eigenvalue weighted by atomic mass is 9.96. The molecule has 0 radical (unpaired) electrons. The van der Waals surface area contributed by atoms with Crippen LogP contribution in [0.15, 0.2) is 115 Å². The van der Waals surface area contributed by atoms with Gasteiger partial charge in [-0.2, -0.15) is 0 Å². The Hall–Kier alpha value is -3.44. The van der Waals surface area contributed by atoms with E-state index in [-0.39, 0.29) is 18.0 Å². The first kappa shape index (κ1) is 26.2. The van der Waals surface area contributed by atoms with Gasteiger partial charge in [-0.05, 0) is 41.4 Å². The summed E-state index contributed by atoms with van der Waals surface area (Å²) >= 11 is 6.37. The lowest BCUT2D eigenvalue weighted by Crippen LogP contribution is -2.52. The van der Waals surface area contributed by atoms with Crippen molar-refractivity contribution >= 4 is 17.5 Å². The van der Waals surface area contributed by atoms with E-state index < -0.39 is 0 Å². The molecule has 5 heteroatoms. The number of piperazine rings is 1. The van der Waals surface area contributed by atoms with E-state index in [0.29, 0.717) is 19.6 Å². The second-order valence-corrected chi connectivity index (χ2v) is 10.4. The van der Waals surface area contributed by atoms with E-state index in [0.717, 1.165) is 18.1 Å². The van der Waals surface area contributed by atoms with Crippen molar-refractivity contribution in [3.8, 4) is 0 Å². The molecule has 5 rings (SSSR count). The van der Waals surface area contributed by atoms with Crippen LogP contribution in [0.3, 0.4) is 0 Å². The molecular weight excluding hydrogens is 490 g/mol. The van der Waals surface area contributed by atoms with Crippen molar-refractivity contribution in [2.45, 2.75) is 12.1 Å². The fraction of sp³-hybridized carbons (Fsp3) is 0.242. The molecule has 1 atom stereocenters. The van der Waals surface area contributed by atoms with Gasteiger partial charge in [0.1, 0.15) is 0 Å². The average molecular weight is 524 g/mol. The summed E-state index contributed by atoms with van der Waals surface area (Å²) in [6.07, 6.45) is 0. The number of rotatable bonds is 8. The standard InChI is InChI=1S/C33H34ClN3O/c1-35(32(26-12-5-2-6-13-26)27-14-7-3-8-15-27)25-31(38)36-20-22-37(23-21-36)33(28-16-9-4-10-17-28)29-18-11-19-30(34)24-29/h2-19,24,32-33H,20-23,25H2,1H3. The molecule has 0 saturated carbocycles. The number of hydrogen-bond acceptors (Lipinski definition) is 3. The van der Waals surface area contributed by atoms with Gasteiger partial charge in [-0.25, -0.2) is 0 Å². The van der Waals surface area contributed by atoms with Gasteiger partial charge in [0.05, 0.1) is 18.6 Å². The first-order chi connectivity index (χ1) is 18.6. The number of hydrogen-bond donors (Lipinski definition) is 0. The van der Waals surface area contributed by atoms with Crippen molar-refractivity contribution in [3.63, 3.8) is 0 Å². The Bertz CT molecular complexity index is 1270. The van der Waals surface area contributed by atoms with Crippen molar-refractivity contribution in [3.05, 3.63) is 143 Å². The third kappa shape index (κ3) is 6.16. The summed E-state index contributed by atoms with van der Waals surface area (Å²) in [6.45, 7) is 3.39. The van der Waals surface area contributed by atoms with Gasteiger partial charge in [-0.3, -0.25) is 14.6 Å². The van der Waals surface area contributed by atoms with E-state index in [9.17, 15) is 4.79 Å². The molecule has 1 amide bonds. The molecule has 1 aliphatic heterocycles. The Labute approximate surface area is 231 Å². The molecule has 1 unspecified atom stereocenters. The van der Waals surface area contributed by atoms with Gasteiger partial charge < -0.3 is 4.90 Å². The van der Waals surface area contributed by atoms with Crippen LogP contribution in [0.2, 0.25) is 5.02 Å². The molecule has 1 fully saturated rings. The highest BCUT2D eigenvalue weighted by Gasteiger charge is 2.30. The smallest absolute Gasteiger partial charge is 0.236 e. The van der Waals surface area contributed by atoms with Gasteiger partial charge in [0.25, 0.3) is 0 Å². The highest BCUT2D eigenvalue weighted by atomic mass is 35.5. The lowest BCUT2D eigenvalue weighted by Gasteiger charge is -2.40. The monoisotopic (exact) mass is 523 g/mol. The molecule has 0 bridgehead atoms. The number of carbonyl (C=O) groups excluding carboxylic acids is 1. The molecule has 194 valence electrons. The van der Waals surface area contributed by atoms with Gasteiger partial charge in [0.15, 0.2) is 0 Å². The van der Waals surface area contributed by atoms with Crippen LogP contribution in [0.4, 0.5) is 0 Å². The fourth-order valence-corrected chi connectivity index (χ4v) is 5.73. The van der Waals surface area contributed by atoms with Crippen molar-refractivity contribution in [1.29, 1.82) is 0 Å². The molecule has 4 aromatic rings. The van der Waals surface area contributed by atoms with E-state index in [1.807, 2.05) is 42.3 Å². The number of benzene rings is 4. The second-order valence-electron chi connectivity index (χ2n) is 9.92. The van der Waals surface area contributed by atoms with Gasteiger partial charge >= 0.3 is 0 Å². The van der Waals surface area contributed by atoms with Crippen LogP contribution in [-0.4, -0.2) is 60.4 Å². The molecule has 0 aromatic heterocycles. The van der Waals surface area contributed by atoms with Gasteiger partial charge in [0.2, 0.25) is 5.91 Å². The number of likely N-dealkylation sites (N-methyl/N-ethyl adjacent to an activating group) is 1. The Morgan fingerprint density at radius 3 is 1.74 bits per heavy atom. The van der Waals surface area contributed by atoms with Gasteiger partial charge in [-0.15, -0.1) is 0 Å². The second kappa shape index (κ2) is 12.4. The maximum absolute atomic E-state index is 13.5. The zero-order valence-corrected chi connectivity index (χ0v) is 22.5. The molecule has 4 aromatic carbocycles. The molecule has 4 nitrogen and oxygen atoms in total. The maximum Gasteiger partial charge on any atom is 0.236 e. The molecule has 1 aliphatic rings. The molecule has 0 aliphatic carbocycles. The van der Waals surface area contributed by atoms with Crippen LogP contribution in [0.1, 0.15) is 34.3 Å². The third-order valence-electron chi connectivity index (χ3n) is 7.37. The highest BCUT2D eigenvalue weighted by Crippen LogP contribution is 2.31. The lowest BCUT2D eigenvalue weighted by molar-refractivity contribution is -0.134. The summed E-state index contributed by atoms with van der Waals surface area (Å²) in [5.74, 6) is 0.169. The van der Waals surface area contributed by atoms with Crippen LogP contribution in [-0.2, 0) is 4.79 Å². The van der Waals surface area contributed by atoms with Crippen LogP contribution in [0.25, 0.3) is 0 Å². The SMILES string of the molecule is CN(CC(=O)N1CCN(C(c2ccccc2)c2cccc(Cl)c2)CC1)C(c1ccccc1)c1ccccc1. The number of halogens is 1. The number of nitrogens with zero attached hydrogens (tertiary/aromatic N) is 3. The maximum atomic E-state index is 13.5. The Morgan fingerprint density at radius 1 is 0.711 bits per heavy atom. The topological polar surface area (TPSA) is 26.8 Å². The van der Waals surface area contributed by atoms with Crippen LogP contribution < -0.4 is 0 Å². The largest absolute Gasteiger partial charge is 0.339 e. The summed E-state index contributed by atoms with van der Waals surface area (Å²) in [6, 6.07) is 39.6. The van der Waals surface area contributed by atoms with Gasteiger partial charge in [-0.1, -0.05) is 115 Å². The minimum absolute atomic E-state index is 0.0212. The van der Waals surface area contributed by atoms with Crippen molar-refractivity contribution in [1.82, 2.24) is 14.7 Å². The van der Waals surface area contributed by atoms with E-state index in [4.69, 9.17) is 11.6 Å². The quantitative estimate of drug-likeness (QED) is 0.271. The number of carbonyl (C=O) groups is 1. The van der Waals surface area contributed by atoms with Crippen LogP contribution in [0.5, 0.6) is 0 Å². The number of amides is 1. The Balaban J connectivity index is 1.28. The van der Waals surface area contributed by atoms with E-state index in [1.165, 1.54) is 22.3 Å². The van der Waals surface area contributed by atoms with Crippen molar-refractivity contribution in [2.75, 3.05) is 39.8 Å². The fourth-order valence-electron chi connectivity index (χ4n) is 5.53. The van der Waals surface area contributed by atoms with E-state index in [1.54, 1.807) is 0 Å². The summed E-state index contributed by atoms with van der Waals surface area (Å²) in [5, 5.41) is 0.742.